The molecule has 0 aliphatic heterocycles. The molecule has 2 aromatic rings. The highest BCUT2D eigenvalue weighted by Crippen LogP contribution is 2.33. The lowest BCUT2D eigenvalue weighted by molar-refractivity contribution is 0.474. The predicted octanol–water partition coefficient (Wildman–Crippen LogP) is 3.08. The van der Waals surface area contributed by atoms with Crippen LogP contribution in [0.1, 0.15) is 5.56 Å². The van der Waals surface area contributed by atoms with Crippen LogP contribution in [0.25, 0.3) is 10.1 Å². The molecule has 2 rings (SSSR count). The first-order valence-electron chi connectivity index (χ1n) is 3.53. The van der Waals surface area contributed by atoms with E-state index in [0.29, 0.717) is 5.56 Å². The molecule has 1 heterocycles. The summed E-state index contributed by atoms with van der Waals surface area (Å²) in [5, 5.41) is 19.2. The number of hydrogen-bond donors (Lipinski definition) is 1. The maximum atomic E-state index is 9.40. The second-order valence-corrected chi connectivity index (χ2v) is 5.49. The van der Waals surface area contributed by atoms with E-state index in [1.165, 1.54) is 11.3 Å². The van der Waals surface area contributed by atoms with E-state index in [0.717, 1.165) is 13.0 Å². The summed E-state index contributed by atoms with van der Waals surface area (Å²) < 4.78 is 1.99. The third-order valence-corrected chi connectivity index (χ3v) is 3.68. The number of phenols is 1. The van der Waals surface area contributed by atoms with Gasteiger partial charge in [0.2, 0.25) is 0 Å². The van der Waals surface area contributed by atoms with Gasteiger partial charge in [-0.1, -0.05) is 0 Å². The monoisotopic (exact) mass is 301 g/mol. The topological polar surface area (TPSA) is 44.0 Å². The highest BCUT2D eigenvalue weighted by Gasteiger charge is 2.08. The van der Waals surface area contributed by atoms with Gasteiger partial charge in [-0.05, 0) is 46.2 Å². The predicted molar refractivity (Wildman–Crippen MR) is 60.9 cm³/mol. The first-order valence-corrected chi connectivity index (χ1v) is 5.43. The van der Waals surface area contributed by atoms with Crippen molar-refractivity contribution < 1.29 is 5.11 Å². The zero-order chi connectivity index (χ0) is 9.42. The van der Waals surface area contributed by atoms with Crippen molar-refractivity contribution in [2.75, 3.05) is 0 Å². The highest BCUT2D eigenvalue weighted by molar-refractivity contribution is 14.1. The van der Waals surface area contributed by atoms with Gasteiger partial charge in [0.15, 0.2) is 0 Å². The fraction of sp³-hybridized carbons (Fsp3) is 0. The molecule has 0 unspecified atom stereocenters. The number of rotatable bonds is 0. The fourth-order valence-electron chi connectivity index (χ4n) is 1.17. The van der Waals surface area contributed by atoms with E-state index >= 15 is 0 Å². The molecule has 2 nitrogen and oxygen atoms in total. The Morgan fingerprint density at radius 2 is 2.23 bits per heavy atom. The van der Waals surface area contributed by atoms with Gasteiger partial charge in [0.1, 0.15) is 17.4 Å². The molecular weight excluding hydrogens is 297 g/mol. The van der Waals surface area contributed by atoms with E-state index in [4.69, 9.17) is 5.26 Å². The van der Waals surface area contributed by atoms with E-state index in [-0.39, 0.29) is 5.75 Å². The smallest absolute Gasteiger partial charge is 0.134 e. The van der Waals surface area contributed by atoms with E-state index in [1.54, 1.807) is 6.07 Å². The van der Waals surface area contributed by atoms with E-state index in [1.807, 2.05) is 18.2 Å². The minimum Gasteiger partial charge on any atom is -0.507 e. The largest absolute Gasteiger partial charge is 0.507 e. The Kier molecular flexibility index (Phi) is 2.14. The molecule has 0 atom stereocenters. The Morgan fingerprint density at radius 3 is 2.92 bits per heavy atom. The van der Waals surface area contributed by atoms with E-state index < -0.39 is 0 Å². The lowest BCUT2D eigenvalue weighted by Crippen LogP contribution is -1.75. The van der Waals surface area contributed by atoms with Gasteiger partial charge in [-0.2, -0.15) is 5.26 Å². The quantitative estimate of drug-likeness (QED) is 0.760. The Morgan fingerprint density at radius 1 is 1.46 bits per heavy atom. The van der Waals surface area contributed by atoms with Crippen molar-refractivity contribution >= 4 is 44.0 Å². The Labute approximate surface area is 92.6 Å². The fourth-order valence-corrected chi connectivity index (χ4v) is 3.04. The minimum atomic E-state index is 0.0632. The molecule has 13 heavy (non-hydrogen) atoms. The maximum absolute atomic E-state index is 9.40. The van der Waals surface area contributed by atoms with Crippen molar-refractivity contribution in [2.45, 2.75) is 0 Å². The summed E-state index contributed by atoms with van der Waals surface area (Å²) in [7, 11) is 0. The third-order valence-electron chi connectivity index (χ3n) is 1.75. The zero-order valence-electron chi connectivity index (χ0n) is 6.41. The van der Waals surface area contributed by atoms with Crippen molar-refractivity contribution in [1.82, 2.24) is 0 Å². The first-order chi connectivity index (χ1) is 6.22. The van der Waals surface area contributed by atoms with Crippen molar-refractivity contribution in [1.29, 1.82) is 5.26 Å². The van der Waals surface area contributed by atoms with Gasteiger partial charge in [0.05, 0.1) is 7.58 Å². The molecule has 0 aliphatic carbocycles. The van der Waals surface area contributed by atoms with Crippen molar-refractivity contribution in [3.05, 3.63) is 26.6 Å². The molecule has 4 heteroatoms. The molecule has 1 N–H and O–H groups in total. The van der Waals surface area contributed by atoms with Crippen molar-refractivity contribution in [3.8, 4) is 11.8 Å². The van der Waals surface area contributed by atoms with Gasteiger partial charge in [-0.3, -0.25) is 0 Å². The minimum absolute atomic E-state index is 0.0632. The SMILES string of the molecule is N#Cc1c(O)ccc2cc(I)sc12. The summed E-state index contributed by atoms with van der Waals surface area (Å²) >= 11 is 3.73. The molecule has 0 fully saturated rings. The second-order valence-electron chi connectivity index (χ2n) is 2.54. The average Bonchev–Trinajstić information content (AvgIpc) is 2.45. The van der Waals surface area contributed by atoms with Gasteiger partial charge in [0.25, 0.3) is 0 Å². The second kappa shape index (κ2) is 3.16. The van der Waals surface area contributed by atoms with Crippen LogP contribution in [0.2, 0.25) is 0 Å². The lowest BCUT2D eigenvalue weighted by atomic mass is 10.1. The van der Waals surface area contributed by atoms with Gasteiger partial charge >= 0.3 is 0 Å². The molecule has 0 amide bonds. The van der Waals surface area contributed by atoms with Crippen LogP contribution in [0, 0.1) is 14.2 Å². The number of fused-ring (bicyclic) bond motifs is 1. The molecule has 0 saturated carbocycles. The van der Waals surface area contributed by atoms with Crippen LogP contribution < -0.4 is 0 Å². The number of aromatic hydroxyl groups is 1. The Hall–Kier alpha value is -0.800. The van der Waals surface area contributed by atoms with Crippen LogP contribution in [0.3, 0.4) is 0 Å². The molecular formula is C9H4INOS. The number of benzene rings is 1. The summed E-state index contributed by atoms with van der Waals surface area (Å²) in [6.07, 6.45) is 0. The van der Waals surface area contributed by atoms with Crippen LogP contribution in [0.5, 0.6) is 5.75 Å². The molecule has 1 aromatic heterocycles. The van der Waals surface area contributed by atoms with Crippen LogP contribution in [-0.2, 0) is 0 Å². The molecule has 0 saturated heterocycles. The van der Waals surface area contributed by atoms with Crippen LogP contribution >= 0.6 is 33.9 Å². The molecule has 64 valence electrons. The number of hydrogen-bond acceptors (Lipinski definition) is 3. The lowest BCUT2D eigenvalue weighted by Gasteiger charge is -1.95. The number of nitriles is 1. The molecule has 0 radical (unpaired) electrons. The number of nitrogens with zero attached hydrogens (tertiary/aromatic N) is 1. The summed E-state index contributed by atoms with van der Waals surface area (Å²) in [6, 6.07) is 7.39. The molecule has 0 bridgehead atoms. The molecule has 0 aliphatic rings. The maximum Gasteiger partial charge on any atom is 0.134 e. The number of halogens is 1. The first kappa shape index (κ1) is 8.78. The summed E-state index contributed by atoms with van der Waals surface area (Å²) in [5.74, 6) is 0.0632. The zero-order valence-corrected chi connectivity index (χ0v) is 9.39. The third kappa shape index (κ3) is 1.38. The van der Waals surface area contributed by atoms with Crippen LogP contribution in [0.4, 0.5) is 0 Å². The Balaban J connectivity index is 2.93. The summed E-state index contributed by atoms with van der Waals surface area (Å²) in [5.41, 5.74) is 0.380. The molecule has 0 spiro atoms. The average molecular weight is 301 g/mol. The highest BCUT2D eigenvalue weighted by atomic mass is 127. The van der Waals surface area contributed by atoms with Gasteiger partial charge < -0.3 is 5.11 Å². The van der Waals surface area contributed by atoms with Crippen LogP contribution in [0.15, 0.2) is 18.2 Å². The Bertz CT molecular complexity index is 512. The normalized spacial score (nSPS) is 10.2. The van der Waals surface area contributed by atoms with Crippen molar-refractivity contribution in [2.24, 2.45) is 0 Å². The van der Waals surface area contributed by atoms with Crippen molar-refractivity contribution in [3.63, 3.8) is 0 Å². The summed E-state index contributed by atoms with van der Waals surface area (Å²) in [4.78, 5) is 0. The van der Waals surface area contributed by atoms with E-state index in [2.05, 4.69) is 22.6 Å². The van der Waals surface area contributed by atoms with E-state index in [9.17, 15) is 5.11 Å². The van der Waals surface area contributed by atoms with Gasteiger partial charge in [-0.25, -0.2) is 0 Å². The standard InChI is InChI=1S/C9H4INOS/c10-8-3-5-1-2-7(12)6(4-11)9(5)13-8/h1-3,12H. The van der Waals surface area contributed by atoms with Gasteiger partial charge in [0, 0.05) is 0 Å². The summed E-state index contributed by atoms with van der Waals surface area (Å²) in [6.45, 7) is 0. The number of phenolic OH excluding ortho intramolecular Hbond substituents is 1. The van der Waals surface area contributed by atoms with Crippen LogP contribution in [-0.4, -0.2) is 5.11 Å². The molecule has 1 aromatic carbocycles. The number of thiophene rings is 1. The van der Waals surface area contributed by atoms with Gasteiger partial charge in [-0.15, -0.1) is 11.3 Å².